The van der Waals surface area contributed by atoms with Gasteiger partial charge in [-0.1, -0.05) is 30.3 Å². The minimum absolute atomic E-state index is 0.471. The van der Waals surface area contributed by atoms with Crippen LogP contribution in [-0.2, 0) is 12.8 Å². The van der Waals surface area contributed by atoms with E-state index in [2.05, 4.69) is 43.1 Å². The zero-order chi connectivity index (χ0) is 13.0. The number of thiazole rings is 1. The standard InChI is InChI=1S/C15H18ClNS/c1-11-12(2)18-15(17-11)9-14(10-16)8-13-6-4-3-5-7-13/h3-7,14H,8-10H2,1-2H3. The third-order valence-electron chi connectivity index (χ3n) is 3.12. The summed E-state index contributed by atoms with van der Waals surface area (Å²) in [6, 6.07) is 10.5. The summed E-state index contributed by atoms with van der Waals surface area (Å²) in [6.45, 7) is 4.20. The first-order chi connectivity index (χ1) is 8.69. The lowest BCUT2D eigenvalue weighted by molar-refractivity contribution is 0.581. The molecule has 96 valence electrons. The zero-order valence-electron chi connectivity index (χ0n) is 10.8. The van der Waals surface area contributed by atoms with Gasteiger partial charge in [0.25, 0.3) is 0 Å². The van der Waals surface area contributed by atoms with Gasteiger partial charge in [0.1, 0.15) is 0 Å². The maximum absolute atomic E-state index is 6.09. The molecule has 0 spiro atoms. The largest absolute Gasteiger partial charge is 0.246 e. The van der Waals surface area contributed by atoms with Crippen LogP contribution in [0.2, 0.25) is 0 Å². The Bertz CT molecular complexity index is 473. The molecule has 1 aromatic heterocycles. The Morgan fingerprint density at radius 1 is 1.17 bits per heavy atom. The van der Waals surface area contributed by atoms with Gasteiger partial charge in [-0.25, -0.2) is 4.98 Å². The lowest BCUT2D eigenvalue weighted by Gasteiger charge is -2.12. The van der Waals surface area contributed by atoms with E-state index < -0.39 is 0 Å². The summed E-state index contributed by atoms with van der Waals surface area (Å²) < 4.78 is 0. The van der Waals surface area contributed by atoms with Gasteiger partial charge in [0.05, 0.1) is 10.7 Å². The van der Waals surface area contributed by atoms with Crippen LogP contribution in [0.1, 0.15) is 21.1 Å². The molecule has 0 aliphatic heterocycles. The topological polar surface area (TPSA) is 12.9 Å². The lowest BCUT2D eigenvalue weighted by Crippen LogP contribution is -2.10. The molecule has 2 aromatic rings. The van der Waals surface area contributed by atoms with E-state index in [0.29, 0.717) is 11.8 Å². The van der Waals surface area contributed by atoms with Crippen molar-refractivity contribution in [3.05, 3.63) is 51.5 Å². The fourth-order valence-electron chi connectivity index (χ4n) is 2.00. The van der Waals surface area contributed by atoms with Crippen molar-refractivity contribution in [2.75, 3.05) is 5.88 Å². The SMILES string of the molecule is Cc1nc(CC(CCl)Cc2ccccc2)sc1C. The summed E-state index contributed by atoms with van der Waals surface area (Å²) in [4.78, 5) is 5.92. The molecule has 1 atom stereocenters. The van der Waals surface area contributed by atoms with Gasteiger partial charge in [-0.05, 0) is 31.7 Å². The van der Waals surface area contributed by atoms with Crippen LogP contribution in [0.25, 0.3) is 0 Å². The average molecular weight is 280 g/mol. The van der Waals surface area contributed by atoms with Crippen LogP contribution in [0, 0.1) is 19.8 Å². The van der Waals surface area contributed by atoms with E-state index in [0.717, 1.165) is 18.5 Å². The van der Waals surface area contributed by atoms with E-state index in [9.17, 15) is 0 Å². The predicted molar refractivity (Wildman–Crippen MR) is 79.6 cm³/mol. The van der Waals surface area contributed by atoms with Crippen LogP contribution < -0.4 is 0 Å². The molecule has 1 heterocycles. The molecular weight excluding hydrogens is 262 g/mol. The second kappa shape index (κ2) is 6.35. The van der Waals surface area contributed by atoms with Crippen LogP contribution in [0.4, 0.5) is 0 Å². The number of hydrogen-bond acceptors (Lipinski definition) is 2. The Balaban J connectivity index is 2.01. The van der Waals surface area contributed by atoms with Crippen LogP contribution in [0.5, 0.6) is 0 Å². The summed E-state index contributed by atoms with van der Waals surface area (Å²) in [5.74, 6) is 1.16. The first-order valence-electron chi connectivity index (χ1n) is 6.22. The van der Waals surface area contributed by atoms with Gasteiger partial charge in [0.15, 0.2) is 0 Å². The molecule has 0 amide bonds. The Hall–Kier alpha value is -0.860. The number of nitrogens with zero attached hydrogens (tertiary/aromatic N) is 1. The Morgan fingerprint density at radius 3 is 2.44 bits per heavy atom. The van der Waals surface area contributed by atoms with Crippen LogP contribution in [0.3, 0.4) is 0 Å². The number of alkyl halides is 1. The molecule has 0 saturated heterocycles. The number of rotatable bonds is 5. The lowest BCUT2D eigenvalue weighted by atomic mass is 9.98. The molecule has 2 rings (SSSR count). The molecule has 3 heteroatoms. The first-order valence-corrected chi connectivity index (χ1v) is 7.57. The van der Waals surface area contributed by atoms with E-state index in [4.69, 9.17) is 11.6 Å². The van der Waals surface area contributed by atoms with Gasteiger partial charge in [0, 0.05) is 17.2 Å². The van der Waals surface area contributed by atoms with Crippen molar-refractivity contribution >= 4 is 22.9 Å². The van der Waals surface area contributed by atoms with Crippen molar-refractivity contribution in [1.82, 2.24) is 4.98 Å². The summed E-state index contributed by atoms with van der Waals surface area (Å²) >= 11 is 7.89. The average Bonchev–Trinajstić information content (AvgIpc) is 2.69. The highest BCUT2D eigenvalue weighted by molar-refractivity contribution is 7.11. The van der Waals surface area contributed by atoms with Gasteiger partial charge in [-0.3, -0.25) is 0 Å². The van der Waals surface area contributed by atoms with Gasteiger partial charge < -0.3 is 0 Å². The van der Waals surface area contributed by atoms with E-state index >= 15 is 0 Å². The quantitative estimate of drug-likeness (QED) is 0.739. The van der Waals surface area contributed by atoms with Gasteiger partial charge in [-0.15, -0.1) is 22.9 Å². The second-order valence-electron chi connectivity index (χ2n) is 4.66. The fraction of sp³-hybridized carbons (Fsp3) is 0.400. The maximum Gasteiger partial charge on any atom is 0.0934 e. The number of halogens is 1. The molecule has 1 unspecified atom stereocenters. The molecule has 0 aliphatic carbocycles. The molecular formula is C15H18ClNS. The summed E-state index contributed by atoms with van der Waals surface area (Å²) in [6.07, 6.45) is 2.01. The van der Waals surface area contributed by atoms with Crippen molar-refractivity contribution in [3.8, 4) is 0 Å². The monoisotopic (exact) mass is 279 g/mol. The number of aryl methyl sites for hydroxylation is 2. The summed E-state index contributed by atoms with van der Waals surface area (Å²) in [5, 5.41) is 1.21. The highest BCUT2D eigenvalue weighted by Crippen LogP contribution is 2.22. The number of hydrogen-bond donors (Lipinski definition) is 0. The molecule has 0 N–H and O–H groups in total. The van der Waals surface area contributed by atoms with Crippen LogP contribution >= 0.6 is 22.9 Å². The van der Waals surface area contributed by atoms with Crippen LogP contribution in [-0.4, -0.2) is 10.9 Å². The minimum Gasteiger partial charge on any atom is -0.246 e. The fourth-order valence-corrected chi connectivity index (χ4v) is 3.27. The van der Waals surface area contributed by atoms with Crippen molar-refractivity contribution in [3.63, 3.8) is 0 Å². The van der Waals surface area contributed by atoms with E-state index in [1.165, 1.54) is 15.4 Å². The Kier molecular flexibility index (Phi) is 4.79. The van der Waals surface area contributed by atoms with Crippen LogP contribution in [0.15, 0.2) is 30.3 Å². The molecule has 0 bridgehead atoms. The third kappa shape index (κ3) is 3.56. The van der Waals surface area contributed by atoms with Crippen molar-refractivity contribution in [1.29, 1.82) is 0 Å². The Morgan fingerprint density at radius 2 is 1.89 bits per heavy atom. The Labute approximate surface area is 118 Å². The molecule has 1 aromatic carbocycles. The molecule has 0 saturated carbocycles. The normalized spacial score (nSPS) is 12.6. The number of benzene rings is 1. The molecule has 1 nitrogen and oxygen atoms in total. The van der Waals surface area contributed by atoms with Gasteiger partial charge >= 0.3 is 0 Å². The smallest absolute Gasteiger partial charge is 0.0934 e. The van der Waals surface area contributed by atoms with E-state index in [1.807, 2.05) is 6.07 Å². The molecule has 0 fully saturated rings. The summed E-state index contributed by atoms with van der Waals surface area (Å²) in [5.41, 5.74) is 2.51. The predicted octanol–water partition coefficient (Wildman–Crippen LogP) is 4.40. The second-order valence-corrected chi connectivity index (χ2v) is 6.26. The molecule has 0 radical (unpaired) electrons. The van der Waals surface area contributed by atoms with Gasteiger partial charge in [-0.2, -0.15) is 0 Å². The van der Waals surface area contributed by atoms with Gasteiger partial charge in [0.2, 0.25) is 0 Å². The third-order valence-corrected chi connectivity index (χ3v) is 4.65. The van der Waals surface area contributed by atoms with E-state index in [1.54, 1.807) is 11.3 Å². The highest BCUT2D eigenvalue weighted by Gasteiger charge is 2.13. The highest BCUT2D eigenvalue weighted by atomic mass is 35.5. The molecule has 18 heavy (non-hydrogen) atoms. The first kappa shape index (κ1) is 13.6. The zero-order valence-corrected chi connectivity index (χ0v) is 12.4. The van der Waals surface area contributed by atoms with E-state index in [-0.39, 0.29) is 0 Å². The maximum atomic E-state index is 6.09. The van der Waals surface area contributed by atoms with Crippen molar-refractivity contribution in [2.24, 2.45) is 5.92 Å². The molecule has 0 aliphatic rings. The van der Waals surface area contributed by atoms with Crippen molar-refractivity contribution < 1.29 is 0 Å². The summed E-state index contributed by atoms with van der Waals surface area (Å²) in [7, 11) is 0. The number of aromatic nitrogens is 1. The van der Waals surface area contributed by atoms with Crippen molar-refractivity contribution in [2.45, 2.75) is 26.7 Å². The minimum atomic E-state index is 0.471.